The number of hydrogen-bond acceptors (Lipinski definition) is 6. The van der Waals surface area contributed by atoms with Crippen LogP contribution in [0.15, 0.2) is 18.3 Å². The van der Waals surface area contributed by atoms with Gasteiger partial charge in [-0.3, -0.25) is 4.98 Å². The average molecular weight is 297 g/mol. The number of hydrogen-bond donors (Lipinski definition) is 3. The monoisotopic (exact) mass is 297 g/mol. The molecule has 0 aromatic carbocycles. The van der Waals surface area contributed by atoms with Gasteiger partial charge in [0.25, 0.3) is 0 Å². The van der Waals surface area contributed by atoms with Gasteiger partial charge in [0, 0.05) is 19.0 Å². The number of fused-ring (bicyclic) bond motifs is 1. The van der Waals surface area contributed by atoms with E-state index in [2.05, 4.69) is 20.3 Å². The second-order valence-corrected chi connectivity index (χ2v) is 4.74. The Hall–Kier alpha value is -2.09. The number of rotatable bonds is 6. The molecule has 0 saturated carbocycles. The molecule has 0 aliphatic heterocycles. The van der Waals surface area contributed by atoms with Crippen molar-refractivity contribution in [3.05, 3.63) is 18.3 Å². The number of nitrogens with two attached hydrogens (primary N) is 1. The van der Waals surface area contributed by atoms with Crippen LogP contribution in [0.4, 0.5) is 20.5 Å². The summed E-state index contributed by atoms with van der Waals surface area (Å²) in [5.74, 6) is -2.61. The standard InChI is InChI=1S/C13H17F2N5O/c1-2-13(14,15)6-8(7-21)18-11-10-9(4-3-5-17-10)19-12(16)20-11/h3-5,8,21H,2,6-7H2,1H3,(H3,16,18,19,20). The van der Waals surface area contributed by atoms with Crippen LogP contribution in [-0.2, 0) is 0 Å². The molecular weight excluding hydrogens is 280 g/mol. The Morgan fingerprint density at radius 3 is 2.86 bits per heavy atom. The number of halogens is 2. The third-order valence-corrected chi connectivity index (χ3v) is 3.10. The first kappa shape index (κ1) is 15.3. The van der Waals surface area contributed by atoms with Crippen molar-refractivity contribution in [2.75, 3.05) is 17.7 Å². The summed E-state index contributed by atoms with van der Waals surface area (Å²) >= 11 is 0. The van der Waals surface area contributed by atoms with Crippen LogP contribution in [0.2, 0.25) is 0 Å². The van der Waals surface area contributed by atoms with Gasteiger partial charge in [-0.05, 0) is 12.1 Å². The summed E-state index contributed by atoms with van der Waals surface area (Å²) in [5.41, 5.74) is 6.52. The Morgan fingerprint density at radius 1 is 1.43 bits per heavy atom. The van der Waals surface area contributed by atoms with E-state index >= 15 is 0 Å². The summed E-state index contributed by atoms with van der Waals surface area (Å²) in [5, 5.41) is 12.1. The van der Waals surface area contributed by atoms with Crippen LogP contribution >= 0.6 is 0 Å². The van der Waals surface area contributed by atoms with E-state index in [0.717, 1.165) is 0 Å². The second-order valence-electron chi connectivity index (χ2n) is 4.74. The first-order valence-corrected chi connectivity index (χ1v) is 6.58. The van der Waals surface area contributed by atoms with Crippen molar-refractivity contribution < 1.29 is 13.9 Å². The Balaban J connectivity index is 2.29. The van der Waals surface area contributed by atoms with Crippen molar-refractivity contribution in [1.82, 2.24) is 15.0 Å². The average Bonchev–Trinajstić information content (AvgIpc) is 2.46. The zero-order valence-electron chi connectivity index (χ0n) is 11.6. The predicted octanol–water partition coefficient (Wildman–Crippen LogP) is 1.82. The Kier molecular flexibility index (Phi) is 4.46. The van der Waals surface area contributed by atoms with Crippen molar-refractivity contribution in [3.63, 3.8) is 0 Å². The summed E-state index contributed by atoms with van der Waals surface area (Å²) < 4.78 is 26.9. The maximum absolute atomic E-state index is 13.5. The second kappa shape index (κ2) is 6.13. The number of anilines is 2. The molecule has 2 heterocycles. The van der Waals surface area contributed by atoms with E-state index in [1.165, 1.54) is 6.92 Å². The molecule has 0 radical (unpaired) electrons. The molecule has 2 aromatic rings. The van der Waals surface area contributed by atoms with E-state index in [9.17, 15) is 13.9 Å². The molecule has 1 unspecified atom stereocenters. The third kappa shape index (κ3) is 3.72. The molecule has 8 heteroatoms. The largest absolute Gasteiger partial charge is 0.394 e. The van der Waals surface area contributed by atoms with E-state index < -0.39 is 25.0 Å². The van der Waals surface area contributed by atoms with Crippen molar-refractivity contribution >= 4 is 22.8 Å². The fourth-order valence-corrected chi connectivity index (χ4v) is 1.95. The Morgan fingerprint density at radius 2 is 2.19 bits per heavy atom. The zero-order valence-corrected chi connectivity index (χ0v) is 11.6. The fraction of sp³-hybridized carbons (Fsp3) is 0.462. The van der Waals surface area contributed by atoms with E-state index in [4.69, 9.17) is 5.73 Å². The molecule has 2 aromatic heterocycles. The minimum atomic E-state index is -2.86. The minimum Gasteiger partial charge on any atom is -0.394 e. The fourth-order valence-electron chi connectivity index (χ4n) is 1.95. The van der Waals surface area contributed by atoms with Gasteiger partial charge in [0.15, 0.2) is 5.82 Å². The summed E-state index contributed by atoms with van der Waals surface area (Å²) in [6.07, 6.45) is 0.746. The molecule has 21 heavy (non-hydrogen) atoms. The van der Waals surface area contributed by atoms with Crippen molar-refractivity contribution in [3.8, 4) is 0 Å². The number of aliphatic hydroxyl groups is 1. The zero-order chi connectivity index (χ0) is 15.5. The van der Waals surface area contributed by atoms with Crippen LogP contribution in [0.5, 0.6) is 0 Å². The topological polar surface area (TPSA) is 97.0 Å². The number of nitrogen functional groups attached to an aromatic ring is 1. The Labute approximate surface area is 120 Å². The maximum Gasteiger partial charge on any atom is 0.249 e. The lowest BCUT2D eigenvalue weighted by molar-refractivity contribution is -0.0198. The van der Waals surface area contributed by atoms with E-state index in [0.29, 0.717) is 11.0 Å². The van der Waals surface area contributed by atoms with Gasteiger partial charge in [-0.1, -0.05) is 6.92 Å². The molecule has 0 spiro atoms. The first-order chi connectivity index (χ1) is 9.95. The van der Waals surface area contributed by atoms with Gasteiger partial charge < -0.3 is 16.2 Å². The smallest absolute Gasteiger partial charge is 0.249 e. The third-order valence-electron chi connectivity index (χ3n) is 3.10. The normalized spacial score (nSPS) is 13.3. The quantitative estimate of drug-likeness (QED) is 0.752. The van der Waals surface area contributed by atoms with Gasteiger partial charge >= 0.3 is 0 Å². The highest BCUT2D eigenvalue weighted by molar-refractivity contribution is 5.85. The molecule has 0 fully saturated rings. The number of aliphatic hydroxyl groups excluding tert-OH is 1. The summed E-state index contributed by atoms with van der Waals surface area (Å²) in [6.45, 7) is 0.946. The molecule has 114 valence electrons. The molecule has 0 aliphatic rings. The van der Waals surface area contributed by atoms with Crippen LogP contribution < -0.4 is 11.1 Å². The highest BCUT2D eigenvalue weighted by atomic mass is 19.3. The highest BCUT2D eigenvalue weighted by Crippen LogP contribution is 2.26. The molecule has 4 N–H and O–H groups in total. The molecule has 1 atom stereocenters. The molecule has 2 rings (SSSR count). The summed E-state index contributed by atoms with van der Waals surface area (Å²) in [7, 11) is 0. The molecule has 0 saturated heterocycles. The lowest BCUT2D eigenvalue weighted by Gasteiger charge is -2.22. The highest BCUT2D eigenvalue weighted by Gasteiger charge is 2.30. The molecule has 0 bridgehead atoms. The summed E-state index contributed by atoms with van der Waals surface area (Å²) in [4.78, 5) is 12.1. The predicted molar refractivity (Wildman–Crippen MR) is 76.1 cm³/mol. The lowest BCUT2D eigenvalue weighted by Crippen LogP contribution is -2.32. The van der Waals surface area contributed by atoms with Crippen LogP contribution in [0.1, 0.15) is 19.8 Å². The van der Waals surface area contributed by atoms with Crippen LogP contribution in [0.25, 0.3) is 11.0 Å². The van der Waals surface area contributed by atoms with Gasteiger partial charge in [0.1, 0.15) is 5.52 Å². The number of pyridine rings is 1. The van der Waals surface area contributed by atoms with Crippen molar-refractivity contribution in [1.29, 1.82) is 0 Å². The van der Waals surface area contributed by atoms with E-state index in [-0.39, 0.29) is 18.2 Å². The maximum atomic E-state index is 13.5. The SMILES string of the molecule is CCC(F)(F)CC(CO)Nc1nc(N)nc2cccnc12. The molecular formula is C13H17F2N5O. The van der Waals surface area contributed by atoms with Gasteiger partial charge in [0.05, 0.1) is 18.2 Å². The van der Waals surface area contributed by atoms with Gasteiger partial charge in [-0.15, -0.1) is 0 Å². The number of nitrogens with zero attached hydrogens (tertiary/aromatic N) is 3. The molecule has 0 amide bonds. The number of aromatic nitrogens is 3. The number of nitrogens with one attached hydrogen (secondary N) is 1. The lowest BCUT2D eigenvalue weighted by atomic mass is 10.1. The molecule has 0 aliphatic carbocycles. The van der Waals surface area contributed by atoms with E-state index in [1.807, 2.05) is 0 Å². The number of alkyl halides is 2. The minimum absolute atomic E-state index is 0.0111. The van der Waals surface area contributed by atoms with E-state index in [1.54, 1.807) is 18.3 Å². The van der Waals surface area contributed by atoms with Gasteiger partial charge in [-0.25, -0.2) is 13.8 Å². The Bertz CT molecular complexity index is 623. The first-order valence-electron chi connectivity index (χ1n) is 6.58. The van der Waals surface area contributed by atoms with Crippen molar-refractivity contribution in [2.24, 2.45) is 0 Å². The van der Waals surface area contributed by atoms with Gasteiger partial charge in [-0.2, -0.15) is 4.98 Å². The van der Waals surface area contributed by atoms with Gasteiger partial charge in [0.2, 0.25) is 11.9 Å². The van der Waals surface area contributed by atoms with Crippen LogP contribution in [0, 0.1) is 0 Å². The van der Waals surface area contributed by atoms with Crippen LogP contribution in [-0.4, -0.2) is 38.6 Å². The van der Waals surface area contributed by atoms with Crippen molar-refractivity contribution in [2.45, 2.75) is 31.7 Å². The summed E-state index contributed by atoms with van der Waals surface area (Å²) in [6, 6.07) is 2.53. The molecule has 6 nitrogen and oxygen atoms in total. The van der Waals surface area contributed by atoms with Crippen LogP contribution in [0.3, 0.4) is 0 Å².